The molecule has 66 valence electrons. The molecule has 0 aliphatic carbocycles. The van der Waals surface area contributed by atoms with Crippen LogP contribution >= 0.6 is 0 Å². The van der Waals surface area contributed by atoms with Gasteiger partial charge in [0.15, 0.2) is 0 Å². The highest BCUT2D eigenvalue weighted by Crippen LogP contribution is 2.25. The van der Waals surface area contributed by atoms with E-state index in [0.29, 0.717) is 5.92 Å². The van der Waals surface area contributed by atoms with Gasteiger partial charge in [0.25, 0.3) is 0 Å². The van der Waals surface area contributed by atoms with E-state index in [1.807, 2.05) is 18.2 Å². The van der Waals surface area contributed by atoms with Crippen LogP contribution in [0.4, 0.5) is 0 Å². The molecule has 1 atom stereocenters. The Balaban J connectivity index is 2.98. The second-order valence-electron chi connectivity index (χ2n) is 3.80. The van der Waals surface area contributed by atoms with Crippen LogP contribution < -0.4 is 5.73 Å². The molecule has 12 heavy (non-hydrogen) atoms. The summed E-state index contributed by atoms with van der Waals surface area (Å²) in [4.78, 5) is 0. The van der Waals surface area contributed by atoms with Crippen LogP contribution in [0.1, 0.15) is 26.3 Å². The first-order valence-corrected chi connectivity index (χ1v) is 4.39. The van der Waals surface area contributed by atoms with Crippen molar-refractivity contribution in [3.05, 3.63) is 35.9 Å². The average molecular weight is 163 g/mol. The number of rotatable bonds is 2. The summed E-state index contributed by atoms with van der Waals surface area (Å²) < 4.78 is 0. The number of nitrogens with two attached hydrogens (primary N) is 1. The molecule has 0 saturated carbocycles. The maximum Gasteiger partial charge on any atom is 0.0404 e. The molecule has 1 aromatic rings. The largest absolute Gasteiger partial charge is 0.321 e. The topological polar surface area (TPSA) is 26.0 Å². The summed E-state index contributed by atoms with van der Waals surface area (Å²) >= 11 is 0. The fourth-order valence-corrected chi connectivity index (χ4v) is 1.13. The van der Waals surface area contributed by atoms with Crippen LogP contribution in [0.2, 0.25) is 0 Å². The van der Waals surface area contributed by atoms with Gasteiger partial charge in [0.1, 0.15) is 0 Å². The summed E-state index contributed by atoms with van der Waals surface area (Å²) in [6, 6.07) is 10.2. The van der Waals surface area contributed by atoms with Gasteiger partial charge in [-0.2, -0.15) is 0 Å². The zero-order valence-corrected chi connectivity index (χ0v) is 8.04. The van der Waals surface area contributed by atoms with E-state index in [4.69, 9.17) is 5.73 Å². The molecule has 0 fully saturated rings. The Hall–Kier alpha value is -0.820. The van der Waals surface area contributed by atoms with E-state index in [-0.39, 0.29) is 5.54 Å². The maximum absolute atomic E-state index is 6.18. The monoisotopic (exact) mass is 163 g/mol. The summed E-state index contributed by atoms with van der Waals surface area (Å²) in [5.41, 5.74) is 7.18. The Bertz CT molecular complexity index is 236. The second-order valence-corrected chi connectivity index (χ2v) is 3.80. The first-order valence-electron chi connectivity index (χ1n) is 4.39. The van der Waals surface area contributed by atoms with Gasteiger partial charge in [0.2, 0.25) is 0 Å². The molecular weight excluding hydrogens is 146 g/mol. The van der Waals surface area contributed by atoms with Crippen LogP contribution in [0.3, 0.4) is 0 Å². The number of benzene rings is 1. The van der Waals surface area contributed by atoms with Crippen molar-refractivity contribution >= 4 is 0 Å². The summed E-state index contributed by atoms with van der Waals surface area (Å²) in [6.07, 6.45) is 0. The Morgan fingerprint density at radius 1 is 1.17 bits per heavy atom. The van der Waals surface area contributed by atoms with Crippen molar-refractivity contribution in [2.45, 2.75) is 26.3 Å². The molecule has 0 aromatic heterocycles. The normalized spacial score (nSPS) is 16.1. The third-order valence-electron chi connectivity index (χ3n) is 2.60. The summed E-state index contributed by atoms with van der Waals surface area (Å²) in [6.45, 7) is 6.37. The minimum atomic E-state index is -0.207. The molecular formula is C11H17N. The van der Waals surface area contributed by atoms with Gasteiger partial charge in [-0.15, -0.1) is 0 Å². The lowest BCUT2D eigenvalue weighted by molar-refractivity contribution is 0.350. The third-order valence-corrected chi connectivity index (χ3v) is 2.60. The molecule has 0 amide bonds. The minimum Gasteiger partial charge on any atom is -0.321 e. The first kappa shape index (κ1) is 9.27. The Kier molecular flexibility index (Phi) is 2.53. The quantitative estimate of drug-likeness (QED) is 0.712. The SMILES string of the molecule is CC(C)[C@@](C)(N)c1ccccc1. The fraction of sp³-hybridized carbons (Fsp3) is 0.455. The van der Waals surface area contributed by atoms with Gasteiger partial charge in [0.05, 0.1) is 0 Å². The molecule has 0 radical (unpaired) electrons. The van der Waals surface area contributed by atoms with Gasteiger partial charge < -0.3 is 5.73 Å². The second kappa shape index (κ2) is 3.28. The first-order chi connectivity index (χ1) is 5.55. The standard InChI is InChI=1S/C11H17N/c1-9(2)11(3,12)10-7-5-4-6-8-10/h4-9H,12H2,1-3H3/t11-/m1/s1. The zero-order chi connectivity index (χ0) is 9.19. The van der Waals surface area contributed by atoms with Crippen molar-refractivity contribution in [1.29, 1.82) is 0 Å². The Morgan fingerprint density at radius 2 is 1.67 bits per heavy atom. The van der Waals surface area contributed by atoms with Gasteiger partial charge in [0, 0.05) is 5.54 Å². The molecule has 0 unspecified atom stereocenters. The van der Waals surface area contributed by atoms with Crippen molar-refractivity contribution in [3.8, 4) is 0 Å². The summed E-state index contributed by atoms with van der Waals surface area (Å²) in [5, 5.41) is 0. The predicted molar refractivity (Wildman–Crippen MR) is 52.8 cm³/mol. The Morgan fingerprint density at radius 3 is 2.08 bits per heavy atom. The van der Waals surface area contributed by atoms with Crippen LogP contribution in [0.25, 0.3) is 0 Å². The van der Waals surface area contributed by atoms with Crippen LogP contribution in [-0.2, 0) is 5.54 Å². The molecule has 1 aromatic carbocycles. The lowest BCUT2D eigenvalue weighted by Crippen LogP contribution is -2.38. The number of hydrogen-bond acceptors (Lipinski definition) is 1. The summed E-state index contributed by atoms with van der Waals surface area (Å²) in [7, 11) is 0. The van der Waals surface area contributed by atoms with E-state index in [1.165, 1.54) is 5.56 Å². The van der Waals surface area contributed by atoms with Crippen LogP contribution in [0, 0.1) is 5.92 Å². The summed E-state index contributed by atoms with van der Waals surface area (Å²) in [5.74, 6) is 0.458. The molecule has 0 saturated heterocycles. The Labute approximate surface area is 74.6 Å². The van der Waals surface area contributed by atoms with E-state index >= 15 is 0 Å². The van der Waals surface area contributed by atoms with Crippen LogP contribution in [0.5, 0.6) is 0 Å². The minimum absolute atomic E-state index is 0.207. The van der Waals surface area contributed by atoms with E-state index in [2.05, 4.69) is 32.9 Å². The molecule has 2 N–H and O–H groups in total. The van der Waals surface area contributed by atoms with Gasteiger partial charge in [-0.1, -0.05) is 44.2 Å². The highest BCUT2D eigenvalue weighted by molar-refractivity contribution is 5.23. The van der Waals surface area contributed by atoms with Gasteiger partial charge in [-0.3, -0.25) is 0 Å². The molecule has 0 bridgehead atoms. The van der Waals surface area contributed by atoms with Crippen molar-refractivity contribution < 1.29 is 0 Å². The average Bonchev–Trinajstić information content (AvgIpc) is 2.06. The van der Waals surface area contributed by atoms with Crippen molar-refractivity contribution in [1.82, 2.24) is 0 Å². The highest BCUT2D eigenvalue weighted by atomic mass is 14.7. The van der Waals surface area contributed by atoms with Crippen molar-refractivity contribution in [3.63, 3.8) is 0 Å². The van der Waals surface area contributed by atoms with Crippen molar-refractivity contribution in [2.75, 3.05) is 0 Å². The lowest BCUT2D eigenvalue weighted by atomic mass is 9.83. The molecule has 0 aliphatic rings. The van der Waals surface area contributed by atoms with Crippen LogP contribution in [0.15, 0.2) is 30.3 Å². The smallest absolute Gasteiger partial charge is 0.0404 e. The molecule has 0 heterocycles. The van der Waals surface area contributed by atoms with Crippen LogP contribution in [-0.4, -0.2) is 0 Å². The van der Waals surface area contributed by atoms with Gasteiger partial charge in [-0.05, 0) is 18.4 Å². The predicted octanol–water partition coefficient (Wildman–Crippen LogP) is 2.52. The maximum atomic E-state index is 6.18. The molecule has 0 spiro atoms. The van der Waals surface area contributed by atoms with Gasteiger partial charge >= 0.3 is 0 Å². The van der Waals surface area contributed by atoms with E-state index in [9.17, 15) is 0 Å². The van der Waals surface area contributed by atoms with E-state index in [0.717, 1.165) is 0 Å². The molecule has 1 nitrogen and oxygen atoms in total. The molecule has 1 rings (SSSR count). The van der Waals surface area contributed by atoms with E-state index in [1.54, 1.807) is 0 Å². The lowest BCUT2D eigenvalue weighted by Gasteiger charge is -2.29. The fourth-order valence-electron chi connectivity index (χ4n) is 1.13. The highest BCUT2D eigenvalue weighted by Gasteiger charge is 2.24. The molecule has 1 heteroatoms. The molecule has 0 aliphatic heterocycles. The van der Waals surface area contributed by atoms with E-state index < -0.39 is 0 Å². The van der Waals surface area contributed by atoms with Gasteiger partial charge in [-0.25, -0.2) is 0 Å². The third kappa shape index (κ3) is 1.67. The number of hydrogen-bond donors (Lipinski definition) is 1. The zero-order valence-electron chi connectivity index (χ0n) is 8.04. The van der Waals surface area contributed by atoms with Crippen molar-refractivity contribution in [2.24, 2.45) is 11.7 Å².